The van der Waals surface area contributed by atoms with Gasteiger partial charge in [-0.1, -0.05) is 6.42 Å². The lowest BCUT2D eigenvalue weighted by molar-refractivity contribution is 0.392. The smallest absolute Gasteiger partial charge is 0.0192 e. The fourth-order valence-electron chi connectivity index (χ4n) is 1.34. The lowest BCUT2D eigenvalue weighted by Gasteiger charge is -2.22. The highest BCUT2D eigenvalue weighted by Crippen LogP contribution is 2.04. The summed E-state index contributed by atoms with van der Waals surface area (Å²) < 4.78 is 0. The summed E-state index contributed by atoms with van der Waals surface area (Å²) in [7, 11) is 2.01. The summed E-state index contributed by atoms with van der Waals surface area (Å²) in [4.78, 5) is 0. The minimum Gasteiger partial charge on any atom is -0.318 e. The van der Waals surface area contributed by atoms with Crippen LogP contribution >= 0.6 is 24.8 Å². The van der Waals surface area contributed by atoms with E-state index in [2.05, 4.69) is 10.6 Å². The van der Waals surface area contributed by atoms with E-state index in [0.29, 0.717) is 0 Å². The lowest BCUT2D eigenvalue weighted by atomic mass is 10.1. The van der Waals surface area contributed by atoms with Gasteiger partial charge in [0.1, 0.15) is 0 Å². The fourth-order valence-corrected chi connectivity index (χ4v) is 1.34. The van der Waals surface area contributed by atoms with Gasteiger partial charge in [-0.2, -0.15) is 0 Å². The first-order chi connectivity index (χ1) is 4.43. The van der Waals surface area contributed by atoms with E-state index in [-0.39, 0.29) is 24.8 Å². The van der Waals surface area contributed by atoms with Gasteiger partial charge in [0.2, 0.25) is 0 Å². The van der Waals surface area contributed by atoms with Gasteiger partial charge in [-0.3, -0.25) is 0 Å². The molecule has 1 rings (SSSR count). The average Bonchev–Trinajstić information content (AvgIpc) is 1.91. The predicted octanol–water partition coefficient (Wildman–Crippen LogP) is 1.19. The molecule has 1 aliphatic heterocycles. The van der Waals surface area contributed by atoms with E-state index < -0.39 is 0 Å². The molecule has 0 amide bonds. The first-order valence-corrected chi connectivity index (χ1v) is 3.81. The van der Waals surface area contributed by atoms with Crippen molar-refractivity contribution in [3.63, 3.8) is 0 Å². The molecule has 0 aliphatic carbocycles. The van der Waals surface area contributed by atoms with Gasteiger partial charge in [0.25, 0.3) is 0 Å². The lowest BCUT2D eigenvalue weighted by Crippen LogP contribution is -2.40. The highest BCUT2D eigenvalue weighted by molar-refractivity contribution is 5.85. The van der Waals surface area contributed by atoms with Crippen molar-refractivity contribution in [2.75, 3.05) is 20.1 Å². The normalized spacial score (nSPS) is 23.2. The van der Waals surface area contributed by atoms with E-state index in [1.807, 2.05) is 7.05 Å². The van der Waals surface area contributed by atoms with Crippen LogP contribution in [0.2, 0.25) is 0 Å². The molecule has 2 N–H and O–H groups in total. The van der Waals surface area contributed by atoms with E-state index in [9.17, 15) is 0 Å². The molecular formula is C7H18Cl2N2. The van der Waals surface area contributed by atoms with Crippen molar-refractivity contribution in [3.8, 4) is 0 Å². The van der Waals surface area contributed by atoms with Crippen LogP contribution in [0.15, 0.2) is 0 Å². The quantitative estimate of drug-likeness (QED) is 0.701. The Balaban J connectivity index is 0. The molecule has 0 bridgehead atoms. The van der Waals surface area contributed by atoms with Crippen LogP contribution in [0.5, 0.6) is 0 Å². The Morgan fingerprint density at radius 2 is 2.09 bits per heavy atom. The second-order valence-electron chi connectivity index (χ2n) is 2.70. The maximum Gasteiger partial charge on any atom is 0.0192 e. The van der Waals surface area contributed by atoms with Crippen LogP contribution in [-0.2, 0) is 0 Å². The molecule has 0 aromatic heterocycles. The van der Waals surface area contributed by atoms with Crippen LogP contribution in [0.1, 0.15) is 19.3 Å². The molecule has 0 aromatic rings. The zero-order valence-corrected chi connectivity index (χ0v) is 8.56. The fraction of sp³-hybridized carbons (Fsp3) is 1.00. The van der Waals surface area contributed by atoms with E-state index in [1.165, 1.54) is 25.8 Å². The van der Waals surface area contributed by atoms with Gasteiger partial charge in [0.15, 0.2) is 0 Å². The minimum absolute atomic E-state index is 0. The number of nitrogens with one attached hydrogen (secondary N) is 2. The predicted molar refractivity (Wildman–Crippen MR) is 54.1 cm³/mol. The van der Waals surface area contributed by atoms with Crippen LogP contribution in [0, 0.1) is 0 Å². The Morgan fingerprint density at radius 3 is 2.55 bits per heavy atom. The van der Waals surface area contributed by atoms with Gasteiger partial charge in [-0.25, -0.2) is 0 Å². The summed E-state index contributed by atoms with van der Waals surface area (Å²) in [5, 5.41) is 6.63. The largest absolute Gasteiger partial charge is 0.318 e. The van der Waals surface area contributed by atoms with Crippen LogP contribution < -0.4 is 10.6 Å². The Hall–Kier alpha value is 0.500. The third-order valence-electron chi connectivity index (χ3n) is 1.86. The van der Waals surface area contributed by atoms with Crippen LogP contribution in [-0.4, -0.2) is 26.2 Å². The second-order valence-corrected chi connectivity index (χ2v) is 2.70. The summed E-state index contributed by atoms with van der Waals surface area (Å²) in [6.45, 7) is 2.34. The standard InChI is InChI=1S/C7H16N2.2ClH/c1-8-6-7-4-2-3-5-9-7;;/h7-9H,2-6H2,1H3;2*1H/t7-;;/m0../s1. The third-order valence-corrected chi connectivity index (χ3v) is 1.86. The molecule has 0 saturated carbocycles. The van der Waals surface area contributed by atoms with Gasteiger partial charge in [-0.15, -0.1) is 24.8 Å². The number of piperidine rings is 1. The van der Waals surface area contributed by atoms with Crippen molar-refractivity contribution in [2.24, 2.45) is 0 Å². The highest BCUT2D eigenvalue weighted by atomic mass is 35.5. The molecule has 0 unspecified atom stereocenters. The average molecular weight is 201 g/mol. The van der Waals surface area contributed by atoms with Crippen molar-refractivity contribution in [2.45, 2.75) is 25.3 Å². The van der Waals surface area contributed by atoms with Gasteiger partial charge in [0, 0.05) is 12.6 Å². The van der Waals surface area contributed by atoms with Crippen molar-refractivity contribution in [3.05, 3.63) is 0 Å². The molecule has 1 fully saturated rings. The van der Waals surface area contributed by atoms with Gasteiger partial charge < -0.3 is 10.6 Å². The Morgan fingerprint density at radius 1 is 1.36 bits per heavy atom. The summed E-state index contributed by atoms with van der Waals surface area (Å²) in [5.41, 5.74) is 0. The maximum absolute atomic E-state index is 3.46. The Bertz CT molecular complexity index is 72.1. The summed E-state index contributed by atoms with van der Waals surface area (Å²) in [6, 6.07) is 0.740. The zero-order valence-electron chi connectivity index (χ0n) is 6.93. The molecule has 0 aromatic carbocycles. The minimum atomic E-state index is 0. The summed E-state index contributed by atoms with van der Waals surface area (Å²) >= 11 is 0. The van der Waals surface area contributed by atoms with Crippen LogP contribution in [0.4, 0.5) is 0 Å². The molecule has 1 aliphatic rings. The molecule has 11 heavy (non-hydrogen) atoms. The van der Waals surface area contributed by atoms with Crippen molar-refractivity contribution in [1.82, 2.24) is 10.6 Å². The second kappa shape index (κ2) is 8.60. The number of halogens is 2. The SMILES string of the molecule is CNC[C@@H]1CCCCN1.Cl.Cl. The van der Waals surface area contributed by atoms with Crippen molar-refractivity contribution >= 4 is 24.8 Å². The van der Waals surface area contributed by atoms with E-state index in [4.69, 9.17) is 0 Å². The van der Waals surface area contributed by atoms with E-state index in [0.717, 1.165) is 12.6 Å². The number of rotatable bonds is 2. The molecule has 0 radical (unpaired) electrons. The van der Waals surface area contributed by atoms with Gasteiger partial charge >= 0.3 is 0 Å². The molecule has 2 nitrogen and oxygen atoms in total. The molecule has 1 heterocycles. The monoisotopic (exact) mass is 200 g/mol. The molecule has 4 heteroatoms. The van der Waals surface area contributed by atoms with Crippen molar-refractivity contribution < 1.29 is 0 Å². The molecule has 0 spiro atoms. The number of likely N-dealkylation sites (N-methyl/N-ethyl adjacent to an activating group) is 1. The van der Waals surface area contributed by atoms with Crippen LogP contribution in [0.25, 0.3) is 0 Å². The van der Waals surface area contributed by atoms with Gasteiger partial charge in [0.05, 0.1) is 0 Å². The Labute approximate surface area is 81.3 Å². The zero-order chi connectivity index (χ0) is 6.53. The summed E-state index contributed by atoms with van der Waals surface area (Å²) in [5.74, 6) is 0. The maximum atomic E-state index is 3.46. The molecule has 1 saturated heterocycles. The van der Waals surface area contributed by atoms with Crippen LogP contribution in [0.3, 0.4) is 0 Å². The first kappa shape index (κ1) is 14.0. The first-order valence-electron chi connectivity index (χ1n) is 3.81. The highest BCUT2D eigenvalue weighted by Gasteiger charge is 2.09. The number of hydrogen-bond donors (Lipinski definition) is 2. The van der Waals surface area contributed by atoms with E-state index in [1.54, 1.807) is 0 Å². The van der Waals surface area contributed by atoms with E-state index >= 15 is 0 Å². The topological polar surface area (TPSA) is 24.1 Å². The third kappa shape index (κ3) is 5.74. The molecular weight excluding hydrogens is 183 g/mol. The molecule has 1 atom stereocenters. The number of hydrogen-bond acceptors (Lipinski definition) is 2. The van der Waals surface area contributed by atoms with Crippen molar-refractivity contribution in [1.29, 1.82) is 0 Å². The summed E-state index contributed by atoms with van der Waals surface area (Å²) in [6.07, 6.45) is 4.11. The van der Waals surface area contributed by atoms with Gasteiger partial charge in [-0.05, 0) is 26.4 Å². The molecule has 70 valence electrons. The Kier molecular flexibility index (Phi) is 11.0.